The molecule has 0 aliphatic heterocycles. The number of fused-ring (bicyclic) bond motifs is 1. The molecule has 0 fully saturated rings. The van der Waals surface area contributed by atoms with Gasteiger partial charge in [0.25, 0.3) is 0 Å². The first-order valence-corrected chi connectivity index (χ1v) is 4.70. The average molecular weight is 251 g/mol. The molecule has 16 heavy (non-hydrogen) atoms. The van der Waals surface area contributed by atoms with Crippen LogP contribution in [0, 0.1) is 0 Å². The van der Waals surface area contributed by atoms with E-state index in [1.165, 1.54) is 6.07 Å². The maximum absolute atomic E-state index is 12.2. The van der Waals surface area contributed by atoms with Crippen LogP contribution in [0.15, 0.2) is 28.7 Å². The van der Waals surface area contributed by atoms with Crippen molar-refractivity contribution >= 4 is 22.6 Å². The third kappa shape index (κ3) is 1.88. The Hall–Kier alpha value is -1.20. The van der Waals surface area contributed by atoms with Gasteiger partial charge >= 0.3 is 6.18 Å². The third-order valence-corrected chi connectivity index (χ3v) is 2.39. The number of rotatable bonds is 1. The van der Waals surface area contributed by atoms with Gasteiger partial charge in [-0.05, 0) is 12.1 Å². The largest absolute Gasteiger partial charge is 0.456 e. The first kappa shape index (κ1) is 11.3. The van der Waals surface area contributed by atoms with Crippen molar-refractivity contribution in [2.45, 2.75) is 12.3 Å². The lowest BCUT2D eigenvalue weighted by Crippen LogP contribution is -2.19. The van der Waals surface area contributed by atoms with E-state index in [1.807, 2.05) is 0 Å². The second kappa shape index (κ2) is 3.68. The summed E-state index contributed by atoms with van der Waals surface area (Å²) in [5.41, 5.74) is 0.141. The second-order valence-corrected chi connectivity index (χ2v) is 3.66. The van der Waals surface area contributed by atoms with E-state index in [0.717, 1.165) is 6.07 Å². The molecule has 2 nitrogen and oxygen atoms in total. The van der Waals surface area contributed by atoms with Crippen LogP contribution in [0.5, 0.6) is 0 Å². The first-order chi connectivity index (χ1) is 7.39. The molecule has 0 amide bonds. The molecule has 0 aliphatic carbocycles. The Bertz CT molecular complexity index is 518. The van der Waals surface area contributed by atoms with Gasteiger partial charge in [0.1, 0.15) is 5.76 Å². The van der Waals surface area contributed by atoms with E-state index >= 15 is 0 Å². The molecule has 1 aromatic carbocycles. The highest BCUT2D eigenvalue weighted by molar-refractivity contribution is 6.34. The van der Waals surface area contributed by atoms with Crippen LogP contribution in [0.2, 0.25) is 5.02 Å². The van der Waals surface area contributed by atoms with Crippen molar-refractivity contribution < 1.29 is 22.7 Å². The highest BCUT2D eigenvalue weighted by Gasteiger charge is 2.41. The Morgan fingerprint density at radius 2 is 2.00 bits per heavy atom. The molecule has 6 heteroatoms. The van der Waals surface area contributed by atoms with E-state index in [1.54, 1.807) is 12.1 Å². The summed E-state index contributed by atoms with van der Waals surface area (Å²) in [6.07, 6.45) is -7.38. The van der Waals surface area contributed by atoms with Crippen molar-refractivity contribution in [3.05, 3.63) is 35.0 Å². The number of benzene rings is 1. The van der Waals surface area contributed by atoms with Crippen LogP contribution >= 0.6 is 11.6 Å². The third-order valence-electron chi connectivity index (χ3n) is 2.09. The minimum Gasteiger partial charge on any atom is -0.456 e. The number of halogens is 4. The Morgan fingerprint density at radius 3 is 2.56 bits per heavy atom. The van der Waals surface area contributed by atoms with E-state index in [-0.39, 0.29) is 10.6 Å². The summed E-state index contributed by atoms with van der Waals surface area (Å²) in [6.45, 7) is 0. The highest BCUT2D eigenvalue weighted by Crippen LogP contribution is 2.36. The Labute approximate surface area is 93.2 Å². The summed E-state index contributed by atoms with van der Waals surface area (Å²) in [4.78, 5) is 0. The summed E-state index contributed by atoms with van der Waals surface area (Å²) in [5.74, 6) is -0.560. The molecule has 1 N–H and O–H groups in total. The molecule has 0 unspecified atom stereocenters. The predicted octanol–water partition coefficient (Wildman–Crippen LogP) is 3.68. The molecular formula is C10H6ClF3O2. The maximum atomic E-state index is 12.2. The fraction of sp³-hybridized carbons (Fsp3) is 0.200. The zero-order chi connectivity index (χ0) is 11.9. The first-order valence-electron chi connectivity index (χ1n) is 4.32. The maximum Gasteiger partial charge on any atom is 0.421 e. The lowest BCUT2D eigenvalue weighted by molar-refractivity contribution is -0.211. The molecule has 1 atom stereocenters. The van der Waals surface area contributed by atoms with Crippen molar-refractivity contribution in [1.82, 2.24) is 0 Å². The predicted molar refractivity (Wildman–Crippen MR) is 52.2 cm³/mol. The minimum atomic E-state index is -4.75. The average Bonchev–Trinajstić information content (AvgIpc) is 2.60. The van der Waals surface area contributed by atoms with Gasteiger partial charge in [-0.3, -0.25) is 0 Å². The second-order valence-electron chi connectivity index (χ2n) is 3.25. The van der Waals surface area contributed by atoms with Crippen LogP contribution in [0.25, 0.3) is 11.0 Å². The normalized spacial score (nSPS) is 14.3. The zero-order valence-electron chi connectivity index (χ0n) is 7.75. The van der Waals surface area contributed by atoms with Gasteiger partial charge in [0.15, 0.2) is 5.58 Å². The topological polar surface area (TPSA) is 33.4 Å². The van der Waals surface area contributed by atoms with E-state index in [2.05, 4.69) is 0 Å². The van der Waals surface area contributed by atoms with Crippen LogP contribution in [0.1, 0.15) is 11.9 Å². The summed E-state index contributed by atoms with van der Waals surface area (Å²) >= 11 is 5.73. The van der Waals surface area contributed by atoms with Gasteiger partial charge in [-0.1, -0.05) is 23.7 Å². The lowest BCUT2D eigenvalue weighted by atomic mass is 10.2. The quantitative estimate of drug-likeness (QED) is 0.837. The molecule has 0 radical (unpaired) electrons. The molecule has 2 aromatic rings. The fourth-order valence-electron chi connectivity index (χ4n) is 1.34. The Morgan fingerprint density at radius 1 is 1.31 bits per heavy atom. The van der Waals surface area contributed by atoms with Crippen LogP contribution in [0.3, 0.4) is 0 Å². The van der Waals surface area contributed by atoms with Gasteiger partial charge in [0.2, 0.25) is 6.10 Å². The number of alkyl halides is 3. The number of hydrogen-bond acceptors (Lipinski definition) is 2. The van der Waals surface area contributed by atoms with Crippen LogP contribution in [-0.4, -0.2) is 11.3 Å². The standard InChI is InChI=1S/C10H6ClF3O2/c11-6-3-1-2-5-4-7(16-8(5)6)9(15)10(12,13)14/h1-4,9,15H/t9-/m0/s1. The molecule has 0 spiro atoms. The smallest absolute Gasteiger partial charge is 0.421 e. The van der Waals surface area contributed by atoms with E-state index in [4.69, 9.17) is 21.1 Å². The molecule has 1 aromatic heterocycles. The Kier molecular flexibility index (Phi) is 2.59. The van der Waals surface area contributed by atoms with Gasteiger partial charge in [-0.2, -0.15) is 13.2 Å². The van der Waals surface area contributed by atoms with Gasteiger partial charge < -0.3 is 9.52 Å². The number of para-hydroxylation sites is 1. The van der Waals surface area contributed by atoms with Crippen molar-refractivity contribution in [2.75, 3.05) is 0 Å². The van der Waals surface area contributed by atoms with Crippen molar-refractivity contribution in [1.29, 1.82) is 0 Å². The Balaban J connectivity index is 2.52. The zero-order valence-corrected chi connectivity index (χ0v) is 8.51. The molecule has 0 saturated carbocycles. The van der Waals surface area contributed by atoms with E-state index in [0.29, 0.717) is 5.39 Å². The van der Waals surface area contributed by atoms with Crippen LogP contribution in [0.4, 0.5) is 13.2 Å². The van der Waals surface area contributed by atoms with Gasteiger partial charge in [-0.15, -0.1) is 0 Å². The number of aliphatic hydroxyl groups excluding tert-OH is 1. The molecule has 0 aliphatic rings. The molecule has 0 saturated heterocycles. The minimum absolute atomic E-state index is 0.141. The van der Waals surface area contributed by atoms with Gasteiger partial charge in [-0.25, -0.2) is 0 Å². The number of furan rings is 1. The van der Waals surface area contributed by atoms with E-state index < -0.39 is 18.0 Å². The van der Waals surface area contributed by atoms with Gasteiger partial charge in [0.05, 0.1) is 5.02 Å². The molecule has 1 heterocycles. The van der Waals surface area contributed by atoms with Crippen LogP contribution < -0.4 is 0 Å². The van der Waals surface area contributed by atoms with Crippen LogP contribution in [-0.2, 0) is 0 Å². The summed E-state index contributed by atoms with van der Waals surface area (Å²) < 4.78 is 41.5. The molecule has 2 rings (SSSR count). The summed E-state index contributed by atoms with van der Waals surface area (Å²) in [5, 5.41) is 9.62. The van der Waals surface area contributed by atoms with Crippen molar-refractivity contribution in [2.24, 2.45) is 0 Å². The van der Waals surface area contributed by atoms with Gasteiger partial charge in [0, 0.05) is 5.39 Å². The van der Waals surface area contributed by atoms with Crippen molar-refractivity contribution in [3.8, 4) is 0 Å². The number of aliphatic hydroxyl groups is 1. The molecular weight excluding hydrogens is 245 g/mol. The highest BCUT2D eigenvalue weighted by atomic mass is 35.5. The summed E-state index contributed by atoms with van der Waals surface area (Å²) in [6, 6.07) is 5.76. The van der Waals surface area contributed by atoms with Crippen molar-refractivity contribution in [3.63, 3.8) is 0 Å². The van der Waals surface area contributed by atoms with E-state index in [9.17, 15) is 13.2 Å². The SMILES string of the molecule is O[C@@H](c1cc2cccc(Cl)c2o1)C(F)(F)F. The molecule has 86 valence electrons. The fourth-order valence-corrected chi connectivity index (χ4v) is 1.56. The monoisotopic (exact) mass is 250 g/mol. The summed E-state index contributed by atoms with van der Waals surface area (Å²) in [7, 11) is 0. The molecule has 0 bridgehead atoms. The number of hydrogen-bond donors (Lipinski definition) is 1. The lowest BCUT2D eigenvalue weighted by Gasteiger charge is -2.10.